The Balaban J connectivity index is 1.75. The Labute approximate surface area is 193 Å². The molecule has 0 aromatic heterocycles. The number of carbonyl (C=O) groups excluding carboxylic acids is 1. The average molecular weight is 473 g/mol. The molecule has 2 N–H and O–H groups in total. The molecule has 0 atom stereocenters. The number of hydrogen-bond donors (Lipinski definition) is 2. The zero-order valence-electron chi connectivity index (χ0n) is 18.1. The van der Waals surface area contributed by atoms with Crippen LogP contribution in [-0.2, 0) is 16.6 Å². The average Bonchev–Trinajstić information content (AvgIpc) is 2.75. The molecule has 0 radical (unpaired) electrons. The molecule has 0 aliphatic rings. The van der Waals surface area contributed by atoms with Gasteiger partial charge >= 0.3 is 0 Å². The molecule has 1 amide bonds. The maximum atomic E-state index is 13.0. The minimum atomic E-state index is -3.99. The van der Waals surface area contributed by atoms with E-state index in [0.717, 1.165) is 22.4 Å². The Morgan fingerprint density at radius 1 is 1.00 bits per heavy atom. The lowest BCUT2D eigenvalue weighted by molar-refractivity contribution is 0.0950. The fraction of sp³-hybridized carbons (Fsp3) is 0.208. The quantitative estimate of drug-likeness (QED) is 0.478. The van der Waals surface area contributed by atoms with Gasteiger partial charge in [-0.2, -0.15) is 0 Å². The first kappa shape index (κ1) is 23.6. The number of amides is 1. The molecule has 32 heavy (non-hydrogen) atoms. The highest BCUT2D eigenvalue weighted by atomic mass is 35.5. The summed E-state index contributed by atoms with van der Waals surface area (Å²) in [6, 6.07) is 16.9. The van der Waals surface area contributed by atoms with Gasteiger partial charge in [-0.15, -0.1) is 0 Å². The number of carbonyl (C=O) groups is 1. The van der Waals surface area contributed by atoms with Crippen LogP contribution in [0.1, 0.15) is 34.0 Å². The largest absolute Gasteiger partial charge is 0.494 e. The van der Waals surface area contributed by atoms with Gasteiger partial charge < -0.3 is 10.1 Å². The van der Waals surface area contributed by atoms with Gasteiger partial charge in [-0.3, -0.25) is 9.52 Å². The second kappa shape index (κ2) is 10.1. The number of rotatable bonds is 8. The van der Waals surface area contributed by atoms with Crippen LogP contribution in [-0.4, -0.2) is 20.9 Å². The molecular weight excluding hydrogens is 448 g/mol. The van der Waals surface area contributed by atoms with Crippen molar-refractivity contribution in [2.75, 3.05) is 11.3 Å². The Morgan fingerprint density at radius 3 is 2.38 bits per heavy atom. The second-order valence-corrected chi connectivity index (χ2v) is 9.39. The summed E-state index contributed by atoms with van der Waals surface area (Å²) < 4.78 is 33.9. The van der Waals surface area contributed by atoms with Crippen molar-refractivity contribution in [2.24, 2.45) is 0 Å². The highest BCUT2D eigenvalue weighted by Crippen LogP contribution is 2.26. The summed E-state index contributed by atoms with van der Waals surface area (Å²) in [5.74, 6) is 0.352. The molecule has 6 nitrogen and oxygen atoms in total. The smallest absolute Gasteiger partial charge is 0.263 e. The van der Waals surface area contributed by atoms with Gasteiger partial charge in [0.05, 0.1) is 17.3 Å². The number of halogens is 1. The molecule has 3 aromatic carbocycles. The number of benzene rings is 3. The third kappa shape index (κ3) is 5.81. The molecule has 168 valence electrons. The highest BCUT2D eigenvalue weighted by Gasteiger charge is 2.21. The van der Waals surface area contributed by atoms with E-state index in [1.54, 1.807) is 6.07 Å². The van der Waals surface area contributed by atoms with Crippen LogP contribution in [0.4, 0.5) is 5.69 Å². The predicted molar refractivity (Wildman–Crippen MR) is 127 cm³/mol. The number of sulfonamides is 1. The Morgan fingerprint density at radius 2 is 1.72 bits per heavy atom. The van der Waals surface area contributed by atoms with Crippen LogP contribution in [0, 0.1) is 13.8 Å². The van der Waals surface area contributed by atoms with Crippen molar-refractivity contribution in [1.82, 2.24) is 5.32 Å². The summed E-state index contributed by atoms with van der Waals surface area (Å²) >= 11 is 6.17. The van der Waals surface area contributed by atoms with Gasteiger partial charge in [0.15, 0.2) is 0 Å². The van der Waals surface area contributed by atoms with Gasteiger partial charge in [0.25, 0.3) is 15.9 Å². The normalized spacial score (nSPS) is 11.1. The molecule has 0 fully saturated rings. The first-order valence-electron chi connectivity index (χ1n) is 10.1. The van der Waals surface area contributed by atoms with Gasteiger partial charge in [-0.05, 0) is 68.3 Å². The van der Waals surface area contributed by atoms with Crippen LogP contribution in [0.3, 0.4) is 0 Å². The zero-order valence-corrected chi connectivity index (χ0v) is 19.7. The number of ether oxygens (including phenoxy) is 1. The monoisotopic (exact) mass is 472 g/mol. The summed E-state index contributed by atoms with van der Waals surface area (Å²) in [4.78, 5) is 12.5. The molecule has 0 heterocycles. The van der Waals surface area contributed by atoms with Crippen molar-refractivity contribution in [1.29, 1.82) is 0 Å². The number of nitrogens with one attached hydrogen (secondary N) is 2. The van der Waals surface area contributed by atoms with Crippen molar-refractivity contribution in [2.45, 2.75) is 32.2 Å². The van der Waals surface area contributed by atoms with Crippen LogP contribution in [0.15, 0.2) is 65.6 Å². The van der Waals surface area contributed by atoms with Gasteiger partial charge in [0.2, 0.25) is 0 Å². The van der Waals surface area contributed by atoms with Crippen LogP contribution >= 0.6 is 11.6 Å². The van der Waals surface area contributed by atoms with Crippen LogP contribution in [0.25, 0.3) is 0 Å². The van der Waals surface area contributed by atoms with Crippen molar-refractivity contribution in [3.05, 3.63) is 87.9 Å². The lowest BCUT2D eigenvalue weighted by atomic mass is 10.1. The summed E-state index contributed by atoms with van der Waals surface area (Å²) in [7, 11) is -3.99. The van der Waals surface area contributed by atoms with Gasteiger partial charge in [-0.1, -0.05) is 41.4 Å². The Bertz CT molecular complexity index is 1230. The highest BCUT2D eigenvalue weighted by molar-refractivity contribution is 7.92. The van der Waals surface area contributed by atoms with E-state index in [-0.39, 0.29) is 22.0 Å². The molecule has 3 rings (SSSR count). The van der Waals surface area contributed by atoms with E-state index in [1.165, 1.54) is 18.2 Å². The molecule has 0 saturated heterocycles. The van der Waals surface area contributed by atoms with E-state index in [1.807, 2.05) is 57.2 Å². The van der Waals surface area contributed by atoms with E-state index in [9.17, 15) is 13.2 Å². The zero-order chi connectivity index (χ0) is 23.3. The molecule has 0 bridgehead atoms. The lowest BCUT2D eigenvalue weighted by Gasteiger charge is -2.13. The first-order valence-corrected chi connectivity index (χ1v) is 12.0. The van der Waals surface area contributed by atoms with E-state index in [4.69, 9.17) is 16.3 Å². The molecule has 0 aliphatic carbocycles. The SMILES string of the molecule is CCOc1ccc(CNC(=O)c2ccc(Cl)c(S(=O)(=O)Nc3ccc(C)cc3C)c2)cc1. The van der Waals surface area contributed by atoms with Crippen molar-refractivity contribution in [3.63, 3.8) is 0 Å². The second-order valence-electron chi connectivity index (χ2n) is 7.33. The maximum Gasteiger partial charge on any atom is 0.263 e. The molecule has 0 aliphatic heterocycles. The first-order chi connectivity index (χ1) is 15.2. The van der Waals surface area contributed by atoms with Gasteiger partial charge in [0.1, 0.15) is 10.6 Å². The van der Waals surface area contributed by atoms with Crippen molar-refractivity contribution < 1.29 is 17.9 Å². The van der Waals surface area contributed by atoms with E-state index in [0.29, 0.717) is 12.3 Å². The number of hydrogen-bond acceptors (Lipinski definition) is 4. The Hall–Kier alpha value is -3.03. The van der Waals surface area contributed by atoms with Crippen molar-refractivity contribution >= 4 is 33.2 Å². The van der Waals surface area contributed by atoms with Crippen LogP contribution < -0.4 is 14.8 Å². The fourth-order valence-electron chi connectivity index (χ4n) is 3.13. The maximum absolute atomic E-state index is 13.0. The van der Waals surface area contributed by atoms with Gasteiger partial charge in [-0.25, -0.2) is 8.42 Å². The third-order valence-corrected chi connectivity index (χ3v) is 6.64. The van der Waals surface area contributed by atoms with E-state index in [2.05, 4.69) is 10.0 Å². The van der Waals surface area contributed by atoms with Crippen molar-refractivity contribution in [3.8, 4) is 5.75 Å². The summed E-state index contributed by atoms with van der Waals surface area (Å²) in [6.07, 6.45) is 0. The summed E-state index contributed by atoms with van der Waals surface area (Å²) in [5, 5.41) is 2.82. The molecule has 0 unspecified atom stereocenters. The molecule has 3 aromatic rings. The summed E-state index contributed by atoms with van der Waals surface area (Å²) in [5.41, 5.74) is 3.35. The minimum absolute atomic E-state index is 0.0327. The Kier molecular flexibility index (Phi) is 7.43. The standard InChI is InChI=1S/C24H25ClN2O4S/c1-4-31-20-9-6-18(7-10-20)15-26-24(28)19-8-11-21(25)23(14-19)32(29,30)27-22-12-5-16(2)13-17(22)3/h5-14,27H,4,15H2,1-3H3,(H,26,28). The molecule has 0 saturated carbocycles. The lowest BCUT2D eigenvalue weighted by Crippen LogP contribution is -2.23. The minimum Gasteiger partial charge on any atom is -0.494 e. The molecule has 0 spiro atoms. The fourth-order valence-corrected chi connectivity index (χ4v) is 4.79. The third-order valence-electron chi connectivity index (χ3n) is 4.80. The molecule has 8 heteroatoms. The number of anilines is 1. The van der Waals surface area contributed by atoms with Crippen LogP contribution in [0.5, 0.6) is 5.75 Å². The summed E-state index contributed by atoms with van der Waals surface area (Å²) in [6.45, 7) is 6.52. The molecular formula is C24H25ClN2O4S. The van der Waals surface area contributed by atoms with Gasteiger partial charge in [0, 0.05) is 12.1 Å². The van der Waals surface area contributed by atoms with E-state index < -0.39 is 15.9 Å². The van der Waals surface area contributed by atoms with Crippen LogP contribution in [0.2, 0.25) is 5.02 Å². The predicted octanol–water partition coefficient (Wildman–Crippen LogP) is 5.09. The topological polar surface area (TPSA) is 84.5 Å². The number of aryl methyl sites for hydroxylation is 2. The van der Waals surface area contributed by atoms with E-state index >= 15 is 0 Å².